The van der Waals surface area contributed by atoms with E-state index in [0.717, 1.165) is 42.8 Å². The van der Waals surface area contributed by atoms with Gasteiger partial charge in [0.05, 0.1) is 23.4 Å². The maximum atomic E-state index is 9.24. The molecule has 20 heavy (non-hydrogen) atoms. The van der Waals surface area contributed by atoms with Gasteiger partial charge in [0, 0.05) is 30.7 Å². The van der Waals surface area contributed by atoms with Crippen molar-refractivity contribution in [3.05, 3.63) is 28.2 Å². The predicted molar refractivity (Wildman–Crippen MR) is 82.3 cm³/mol. The Morgan fingerprint density at radius 2 is 1.95 bits per heavy atom. The van der Waals surface area contributed by atoms with Crippen molar-refractivity contribution < 1.29 is 0 Å². The highest BCUT2D eigenvalue weighted by Gasteiger charge is 2.23. The van der Waals surface area contributed by atoms with Crippen LogP contribution >= 0.6 is 15.9 Å². The fourth-order valence-corrected chi connectivity index (χ4v) is 2.94. The Morgan fingerprint density at radius 1 is 1.25 bits per heavy atom. The molecule has 1 aliphatic heterocycles. The second-order valence-electron chi connectivity index (χ2n) is 4.85. The largest absolute Gasteiger partial charge is 0.368 e. The molecule has 1 aromatic carbocycles. The lowest BCUT2D eigenvalue weighted by molar-refractivity contribution is 0.216. The SMILES string of the molecule is CCC(C#N)N1CCN(c2ccc(Br)cc2C#N)CC1. The monoisotopic (exact) mass is 332 g/mol. The average molecular weight is 333 g/mol. The van der Waals surface area contributed by atoms with E-state index in [2.05, 4.69) is 37.9 Å². The Hall–Kier alpha value is -1.56. The maximum absolute atomic E-state index is 9.24. The summed E-state index contributed by atoms with van der Waals surface area (Å²) in [5.41, 5.74) is 1.68. The highest BCUT2D eigenvalue weighted by molar-refractivity contribution is 9.10. The van der Waals surface area contributed by atoms with Crippen LogP contribution in [0.2, 0.25) is 0 Å². The normalized spacial score (nSPS) is 17.3. The van der Waals surface area contributed by atoms with Crippen LogP contribution in [0.3, 0.4) is 0 Å². The van der Waals surface area contributed by atoms with Crippen molar-refractivity contribution in [1.29, 1.82) is 10.5 Å². The van der Waals surface area contributed by atoms with Gasteiger partial charge in [-0.2, -0.15) is 10.5 Å². The van der Waals surface area contributed by atoms with E-state index in [1.165, 1.54) is 0 Å². The van der Waals surface area contributed by atoms with Crippen LogP contribution in [0.1, 0.15) is 18.9 Å². The fraction of sp³-hybridized carbons (Fsp3) is 0.467. The van der Waals surface area contributed by atoms with Crippen molar-refractivity contribution in [2.45, 2.75) is 19.4 Å². The summed E-state index contributed by atoms with van der Waals surface area (Å²) in [6.07, 6.45) is 0.859. The lowest BCUT2D eigenvalue weighted by Crippen LogP contribution is -2.50. The summed E-state index contributed by atoms with van der Waals surface area (Å²) < 4.78 is 0.923. The summed E-state index contributed by atoms with van der Waals surface area (Å²) in [5.74, 6) is 0. The first kappa shape index (κ1) is 14.8. The molecule has 0 radical (unpaired) electrons. The summed E-state index contributed by atoms with van der Waals surface area (Å²) in [7, 11) is 0. The van der Waals surface area contributed by atoms with Gasteiger partial charge in [0.1, 0.15) is 6.07 Å². The van der Waals surface area contributed by atoms with Gasteiger partial charge in [0.2, 0.25) is 0 Å². The predicted octanol–water partition coefficient (Wildman–Crippen LogP) is 2.74. The smallest absolute Gasteiger partial charge is 0.101 e. The zero-order chi connectivity index (χ0) is 14.5. The molecule has 0 saturated carbocycles. The van der Waals surface area contributed by atoms with Gasteiger partial charge in [-0.25, -0.2) is 0 Å². The lowest BCUT2D eigenvalue weighted by atomic mass is 10.1. The van der Waals surface area contributed by atoms with Gasteiger partial charge in [0.25, 0.3) is 0 Å². The van der Waals surface area contributed by atoms with Crippen LogP contribution in [0.4, 0.5) is 5.69 Å². The number of rotatable bonds is 3. The van der Waals surface area contributed by atoms with Crippen molar-refractivity contribution in [1.82, 2.24) is 4.90 Å². The van der Waals surface area contributed by atoms with Crippen molar-refractivity contribution in [2.24, 2.45) is 0 Å². The van der Waals surface area contributed by atoms with Crippen LogP contribution in [0.5, 0.6) is 0 Å². The molecule has 1 unspecified atom stereocenters. The quantitative estimate of drug-likeness (QED) is 0.853. The number of hydrogen-bond acceptors (Lipinski definition) is 4. The molecule has 5 heteroatoms. The second kappa shape index (κ2) is 6.74. The molecule has 0 amide bonds. The first-order valence-electron chi connectivity index (χ1n) is 6.77. The first-order valence-corrected chi connectivity index (χ1v) is 7.57. The van der Waals surface area contributed by atoms with Crippen molar-refractivity contribution in [3.63, 3.8) is 0 Å². The van der Waals surface area contributed by atoms with Gasteiger partial charge in [-0.1, -0.05) is 22.9 Å². The van der Waals surface area contributed by atoms with E-state index >= 15 is 0 Å². The average Bonchev–Trinajstić information content (AvgIpc) is 2.49. The molecule has 1 fully saturated rings. The summed E-state index contributed by atoms with van der Waals surface area (Å²) in [6, 6.07) is 10.4. The van der Waals surface area contributed by atoms with Gasteiger partial charge >= 0.3 is 0 Å². The van der Waals surface area contributed by atoms with E-state index in [0.29, 0.717) is 5.56 Å². The molecular formula is C15H17BrN4. The highest BCUT2D eigenvalue weighted by atomic mass is 79.9. The minimum atomic E-state index is 0.0116. The van der Waals surface area contributed by atoms with Gasteiger partial charge in [0.15, 0.2) is 0 Å². The molecule has 1 aromatic rings. The molecule has 2 rings (SSSR count). The number of halogens is 1. The van der Waals surface area contributed by atoms with Gasteiger partial charge < -0.3 is 4.90 Å². The Kier molecular flexibility index (Phi) is 5.00. The van der Waals surface area contributed by atoms with Crippen molar-refractivity contribution in [2.75, 3.05) is 31.1 Å². The van der Waals surface area contributed by atoms with Crippen LogP contribution in [0, 0.1) is 22.7 Å². The third kappa shape index (κ3) is 3.12. The summed E-state index contributed by atoms with van der Waals surface area (Å²) in [6.45, 7) is 5.49. The molecule has 1 atom stereocenters. The molecule has 0 bridgehead atoms. The number of anilines is 1. The molecule has 4 nitrogen and oxygen atoms in total. The van der Waals surface area contributed by atoms with Gasteiger partial charge in [-0.3, -0.25) is 4.90 Å². The Labute approximate surface area is 128 Å². The molecule has 0 N–H and O–H groups in total. The molecule has 1 saturated heterocycles. The molecule has 1 aliphatic rings. The van der Waals surface area contributed by atoms with Crippen LogP contribution in [0.25, 0.3) is 0 Å². The molecule has 0 spiro atoms. The standard InChI is InChI=1S/C15H17BrN4/c1-2-14(11-18)19-5-7-20(8-6-19)15-4-3-13(16)9-12(15)10-17/h3-4,9,14H,2,5-8H2,1H3. The molecule has 0 aromatic heterocycles. The Balaban J connectivity index is 2.08. The highest BCUT2D eigenvalue weighted by Crippen LogP contribution is 2.25. The summed E-state index contributed by atoms with van der Waals surface area (Å²) >= 11 is 3.39. The third-order valence-corrected chi connectivity index (χ3v) is 4.20. The van der Waals surface area contributed by atoms with Gasteiger partial charge in [-0.15, -0.1) is 0 Å². The topological polar surface area (TPSA) is 54.1 Å². The minimum absolute atomic E-state index is 0.0116. The van der Waals surface area contributed by atoms with Gasteiger partial charge in [-0.05, 0) is 24.6 Å². The van der Waals surface area contributed by atoms with E-state index in [4.69, 9.17) is 5.26 Å². The third-order valence-electron chi connectivity index (χ3n) is 3.71. The lowest BCUT2D eigenvalue weighted by Gasteiger charge is -2.38. The van der Waals surface area contributed by atoms with Crippen LogP contribution in [0.15, 0.2) is 22.7 Å². The fourth-order valence-electron chi connectivity index (χ4n) is 2.58. The Morgan fingerprint density at radius 3 is 2.50 bits per heavy atom. The first-order chi connectivity index (χ1) is 9.69. The zero-order valence-corrected chi connectivity index (χ0v) is 13.1. The number of benzene rings is 1. The number of hydrogen-bond donors (Lipinski definition) is 0. The van der Waals surface area contributed by atoms with E-state index < -0.39 is 0 Å². The van der Waals surface area contributed by atoms with Crippen LogP contribution in [-0.2, 0) is 0 Å². The van der Waals surface area contributed by atoms with Crippen LogP contribution < -0.4 is 4.90 Å². The second-order valence-corrected chi connectivity index (χ2v) is 5.77. The minimum Gasteiger partial charge on any atom is -0.368 e. The van der Waals surface area contributed by atoms with Crippen LogP contribution in [-0.4, -0.2) is 37.1 Å². The molecule has 0 aliphatic carbocycles. The van der Waals surface area contributed by atoms with Crippen molar-refractivity contribution >= 4 is 21.6 Å². The zero-order valence-electron chi connectivity index (χ0n) is 11.5. The molecule has 1 heterocycles. The Bertz CT molecular complexity index is 550. The molecular weight excluding hydrogens is 316 g/mol. The number of nitriles is 2. The van der Waals surface area contributed by atoms with E-state index in [1.54, 1.807) is 0 Å². The van der Waals surface area contributed by atoms with E-state index in [-0.39, 0.29) is 6.04 Å². The summed E-state index contributed by atoms with van der Waals surface area (Å²) in [5, 5.41) is 18.4. The number of nitrogens with zero attached hydrogens (tertiary/aromatic N) is 4. The number of piperazine rings is 1. The maximum Gasteiger partial charge on any atom is 0.101 e. The van der Waals surface area contributed by atoms with E-state index in [9.17, 15) is 5.26 Å². The van der Waals surface area contributed by atoms with E-state index in [1.807, 2.05) is 25.1 Å². The molecule has 104 valence electrons. The summed E-state index contributed by atoms with van der Waals surface area (Å²) in [4.78, 5) is 4.45. The van der Waals surface area contributed by atoms with Crippen molar-refractivity contribution in [3.8, 4) is 12.1 Å².